The average molecular weight is 390 g/mol. The summed E-state index contributed by atoms with van der Waals surface area (Å²) in [5.41, 5.74) is 1.90. The predicted octanol–water partition coefficient (Wildman–Crippen LogP) is 2.24. The number of carbonyl (C=O) groups is 1. The van der Waals surface area contributed by atoms with Crippen LogP contribution in [0.3, 0.4) is 0 Å². The maximum atomic E-state index is 12.9. The summed E-state index contributed by atoms with van der Waals surface area (Å²) in [4.78, 5) is 11.4. The van der Waals surface area contributed by atoms with Crippen LogP contribution in [0.2, 0.25) is 0 Å². The van der Waals surface area contributed by atoms with Gasteiger partial charge in [-0.1, -0.05) is 6.07 Å². The van der Waals surface area contributed by atoms with Gasteiger partial charge in [-0.2, -0.15) is 0 Å². The van der Waals surface area contributed by atoms with E-state index in [1.165, 1.54) is 13.0 Å². The van der Waals surface area contributed by atoms with Crippen LogP contribution in [0.5, 0.6) is 11.5 Å². The number of hydrogen-bond donors (Lipinski definition) is 2. The summed E-state index contributed by atoms with van der Waals surface area (Å²) < 4.78 is 39.5. The van der Waals surface area contributed by atoms with Gasteiger partial charge in [0.05, 0.1) is 18.8 Å². The number of anilines is 1. The molecule has 144 valence electrons. The van der Waals surface area contributed by atoms with Gasteiger partial charge < -0.3 is 14.8 Å². The van der Waals surface area contributed by atoms with E-state index in [0.717, 1.165) is 16.9 Å². The van der Waals surface area contributed by atoms with Crippen molar-refractivity contribution >= 4 is 21.6 Å². The molecule has 2 aromatic rings. The highest BCUT2D eigenvalue weighted by molar-refractivity contribution is 7.89. The van der Waals surface area contributed by atoms with Crippen molar-refractivity contribution in [2.24, 2.45) is 0 Å². The summed E-state index contributed by atoms with van der Waals surface area (Å²) in [7, 11) is -2.28. The first-order chi connectivity index (χ1) is 12.8. The van der Waals surface area contributed by atoms with Crippen molar-refractivity contribution < 1.29 is 22.7 Å². The van der Waals surface area contributed by atoms with Gasteiger partial charge in [0, 0.05) is 6.92 Å². The fraction of sp³-hybridized carbons (Fsp3) is 0.316. The lowest BCUT2D eigenvalue weighted by Gasteiger charge is -2.26. The third-order valence-electron chi connectivity index (χ3n) is 4.23. The molecule has 1 aliphatic rings. The number of rotatable bonds is 5. The van der Waals surface area contributed by atoms with Gasteiger partial charge in [0.2, 0.25) is 15.9 Å². The summed E-state index contributed by atoms with van der Waals surface area (Å²) in [5.74, 6) is 1.07. The van der Waals surface area contributed by atoms with E-state index in [9.17, 15) is 13.2 Å². The van der Waals surface area contributed by atoms with Crippen LogP contribution in [-0.4, -0.2) is 34.1 Å². The molecule has 0 saturated carbocycles. The lowest BCUT2D eigenvalue weighted by Crippen LogP contribution is -2.42. The zero-order chi connectivity index (χ0) is 19.6. The van der Waals surface area contributed by atoms with Crippen molar-refractivity contribution in [1.82, 2.24) is 4.72 Å². The monoisotopic (exact) mass is 390 g/mol. The molecule has 0 bridgehead atoms. The Morgan fingerprint density at radius 3 is 2.70 bits per heavy atom. The lowest BCUT2D eigenvalue weighted by atomic mass is 10.0. The van der Waals surface area contributed by atoms with E-state index in [1.54, 1.807) is 32.2 Å². The second-order valence-corrected chi connectivity index (χ2v) is 8.17. The zero-order valence-corrected chi connectivity index (χ0v) is 16.2. The molecule has 1 atom stereocenters. The SMILES string of the molecule is COc1ccc2c(c1)C[C@H](NS(=O)(=O)c1cc(C)ccc1NC(C)=O)CO2. The van der Waals surface area contributed by atoms with Gasteiger partial charge in [-0.15, -0.1) is 0 Å². The quantitative estimate of drug-likeness (QED) is 0.817. The molecule has 8 heteroatoms. The van der Waals surface area contributed by atoms with Crippen molar-refractivity contribution in [2.45, 2.75) is 31.2 Å². The highest BCUT2D eigenvalue weighted by atomic mass is 32.2. The van der Waals surface area contributed by atoms with Crippen molar-refractivity contribution in [3.05, 3.63) is 47.5 Å². The number of aryl methyl sites for hydroxylation is 1. The first-order valence-electron chi connectivity index (χ1n) is 8.49. The van der Waals surface area contributed by atoms with Gasteiger partial charge in [-0.25, -0.2) is 13.1 Å². The second-order valence-electron chi connectivity index (χ2n) is 6.49. The van der Waals surface area contributed by atoms with Crippen molar-refractivity contribution in [3.63, 3.8) is 0 Å². The number of methoxy groups -OCH3 is 1. The van der Waals surface area contributed by atoms with Crippen LogP contribution in [0.4, 0.5) is 5.69 Å². The highest BCUT2D eigenvalue weighted by Gasteiger charge is 2.27. The van der Waals surface area contributed by atoms with Crippen molar-refractivity contribution in [3.8, 4) is 11.5 Å². The Balaban J connectivity index is 1.85. The van der Waals surface area contributed by atoms with E-state index >= 15 is 0 Å². The number of carbonyl (C=O) groups excluding carboxylic acids is 1. The first kappa shape index (κ1) is 19.2. The molecule has 27 heavy (non-hydrogen) atoms. The Labute approximate surface area is 158 Å². The number of benzene rings is 2. The molecule has 0 radical (unpaired) electrons. The highest BCUT2D eigenvalue weighted by Crippen LogP contribution is 2.30. The number of nitrogens with one attached hydrogen (secondary N) is 2. The van der Waals surface area contributed by atoms with Gasteiger partial charge in [-0.3, -0.25) is 4.79 Å². The number of ether oxygens (including phenoxy) is 2. The molecule has 7 nitrogen and oxygen atoms in total. The van der Waals surface area contributed by atoms with E-state index < -0.39 is 16.1 Å². The van der Waals surface area contributed by atoms with E-state index in [2.05, 4.69) is 10.0 Å². The molecule has 0 saturated heterocycles. The average Bonchev–Trinajstić information content (AvgIpc) is 2.61. The molecule has 0 fully saturated rings. The van der Waals surface area contributed by atoms with Crippen molar-refractivity contribution in [2.75, 3.05) is 19.0 Å². The molecule has 0 aliphatic carbocycles. The van der Waals surface area contributed by atoms with Crippen LogP contribution < -0.4 is 19.5 Å². The van der Waals surface area contributed by atoms with Gasteiger partial charge in [-0.05, 0) is 54.8 Å². The summed E-state index contributed by atoms with van der Waals surface area (Å²) in [6.07, 6.45) is 0.479. The molecular weight excluding hydrogens is 368 g/mol. The maximum absolute atomic E-state index is 12.9. The summed E-state index contributed by atoms with van der Waals surface area (Å²) in [6.45, 7) is 3.35. The third-order valence-corrected chi connectivity index (χ3v) is 5.79. The molecule has 2 aromatic carbocycles. The molecule has 1 aliphatic heterocycles. The molecule has 0 spiro atoms. The molecule has 1 heterocycles. The number of sulfonamides is 1. The summed E-state index contributed by atoms with van der Waals surface area (Å²) >= 11 is 0. The van der Waals surface area contributed by atoms with Crippen LogP contribution in [0, 0.1) is 6.92 Å². The van der Waals surface area contributed by atoms with Gasteiger partial charge >= 0.3 is 0 Å². The van der Waals surface area contributed by atoms with Crippen molar-refractivity contribution in [1.29, 1.82) is 0 Å². The smallest absolute Gasteiger partial charge is 0.243 e. The topological polar surface area (TPSA) is 93.7 Å². The molecular formula is C19H22N2O5S. The second kappa shape index (κ2) is 7.58. The first-order valence-corrected chi connectivity index (χ1v) is 9.97. The largest absolute Gasteiger partial charge is 0.497 e. The molecule has 3 rings (SSSR count). The van der Waals surface area contributed by atoms with Crippen LogP contribution in [0.1, 0.15) is 18.1 Å². The Bertz CT molecular complexity index is 972. The number of hydrogen-bond acceptors (Lipinski definition) is 5. The predicted molar refractivity (Wildman–Crippen MR) is 102 cm³/mol. The summed E-state index contributed by atoms with van der Waals surface area (Å²) in [6, 6.07) is 9.89. The van der Waals surface area contributed by atoms with Crippen LogP contribution in [-0.2, 0) is 21.2 Å². The fourth-order valence-electron chi connectivity index (χ4n) is 3.00. The maximum Gasteiger partial charge on any atom is 0.243 e. The van der Waals surface area contributed by atoms with Crippen LogP contribution in [0.15, 0.2) is 41.3 Å². The van der Waals surface area contributed by atoms with E-state index in [-0.39, 0.29) is 23.1 Å². The zero-order valence-electron chi connectivity index (χ0n) is 15.4. The molecule has 2 N–H and O–H groups in total. The van der Waals surface area contributed by atoms with Gasteiger partial charge in [0.15, 0.2) is 0 Å². The summed E-state index contributed by atoms with van der Waals surface area (Å²) in [5, 5.41) is 2.57. The van der Waals surface area contributed by atoms with E-state index in [4.69, 9.17) is 9.47 Å². The van der Waals surface area contributed by atoms with E-state index in [0.29, 0.717) is 12.2 Å². The molecule has 0 aromatic heterocycles. The normalized spacial score (nSPS) is 16.2. The lowest BCUT2D eigenvalue weighted by molar-refractivity contribution is -0.114. The molecule has 0 unspecified atom stereocenters. The number of amides is 1. The molecule has 1 amide bonds. The van der Waals surface area contributed by atoms with Crippen LogP contribution in [0.25, 0.3) is 0 Å². The fourth-order valence-corrected chi connectivity index (χ4v) is 4.47. The van der Waals surface area contributed by atoms with Crippen LogP contribution >= 0.6 is 0 Å². The van der Waals surface area contributed by atoms with E-state index in [1.807, 2.05) is 12.1 Å². The Morgan fingerprint density at radius 2 is 2.00 bits per heavy atom. The van der Waals surface area contributed by atoms with Gasteiger partial charge in [0.1, 0.15) is 23.0 Å². The minimum absolute atomic E-state index is 0.0362. The third kappa shape index (κ3) is 4.40. The standard InChI is InChI=1S/C19H22N2O5S/c1-12-4-6-17(20-13(2)22)19(8-12)27(23,24)21-15-9-14-10-16(25-3)5-7-18(14)26-11-15/h4-8,10,15,21H,9,11H2,1-3H3,(H,20,22)/t15-/m0/s1. The number of fused-ring (bicyclic) bond motifs is 1. The Kier molecular flexibility index (Phi) is 5.38. The Morgan fingerprint density at radius 1 is 1.22 bits per heavy atom. The minimum atomic E-state index is -3.85. The van der Waals surface area contributed by atoms with Gasteiger partial charge in [0.25, 0.3) is 0 Å². The minimum Gasteiger partial charge on any atom is -0.497 e. The Hall–Kier alpha value is -2.58.